The van der Waals surface area contributed by atoms with Gasteiger partial charge in [0.2, 0.25) is 16.9 Å². The Kier molecular flexibility index (Phi) is 6.41. The molecule has 1 N–H and O–H groups in total. The number of carbonyl (C=O) groups excluding carboxylic acids is 2. The van der Waals surface area contributed by atoms with Crippen molar-refractivity contribution in [3.05, 3.63) is 75.3 Å². The zero-order chi connectivity index (χ0) is 23.4. The first-order valence-electron chi connectivity index (χ1n) is 9.94. The number of nitro groups is 1. The van der Waals surface area contributed by atoms with Gasteiger partial charge in [0.25, 0.3) is 5.69 Å². The first-order chi connectivity index (χ1) is 15.9. The predicted molar refractivity (Wildman–Crippen MR) is 123 cm³/mol. The van der Waals surface area contributed by atoms with Crippen LogP contribution in [0, 0.1) is 10.1 Å². The molecule has 11 heteroatoms. The Balaban J connectivity index is 1.36. The van der Waals surface area contributed by atoms with Gasteiger partial charge in [-0.2, -0.15) is 0 Å². The van der Waals surface area contributed by atoms with Crippen LogP contribution in [0.1, 0.15) is 22.9 Å². The van der Waals surface area contributed by atoms with E-state index in [-0.39, 0.29) is 17.5 Å². The average molecular weight is 465 g/mol. The van der Waals surface area contributed by atoms with Crippen LogP contribution in [0.4, 0.5) is 16.5 Å². The van der Waals surface area contributed by atoms with Crippen LogP contribution in [-0.2, 0) is 9.59 Å². The summed E-state index contributed by atoms with van der Waals surface area (Å²) in [4.78, 5) is 36.6. The maximum atomic E-state index is 12.5. The van der Waals surface area contributed by atoms with E-state index in [2.05, 4.69) is 15.5 Å². The lowest BCUT2D eigenvalue weighted by molar-refractivity contribution is -0.384. The molecular formula is C22H19N5O5S. The summed E-state index contributed by atoms with van der Waals surface area (Å²) in [7, 11) is 1.59. The fraction of sp³-hybridized carbons (Fsp3) is 0.182. The van der Waals surface area contributed by atoms with Gasteiger partial charge in [0.1, 0.15) is 10.8 Å². The van der Waals surface area contributed by atoms with Gasteiger partial charge in [0.05, 0.1) is 12.0 Å². The minimum absolute atomic E-state index is 0.00279. The highest BCUT2D eigenvalue weighted by Crippen LogP contribution is 2.34. The normalized spacial score (nSPS) is 15.7. The second-order valence-corrected chi connectivity index (χ2v) is 8.23. The highest BCUT2D eigenvalue weighted by atomic mass is 32.1. The van der Waals surface area contributed by atoms with Crippen LogP contribution < -0.4 is 15.0 Å². The summed E-state index contributed by atoms with van der Waals surface area (Å²) in [5, 5.41) is 22.5. The lowest BCUT2D eigenvalue weighted by Crippen LogP contribution is -2.24. The Morgan fingerprint density at radius 2 is 1.94 bits per heavy atom. The molecule has 4 rings (SSSR count). The number of aromatic nitrogens is 2. The third-order valence-corrected chi connectivity index (χ3v) is 6.06. The second kappa shape index (κ2) is 9.57. The quantitative estimate of drug-likeness (QED) is 0.321. The molecule has 168 valence electrons. The molecule has 1 aliphatic rings. The summed E-state index contributed by atoms with van der Waals surface area (Å²) in [5.74, 6) is 0.197. The third-order valence-electron chi connectivity index (χ3n) is 5.06. The van der Waals surface area contributed by atoms with Gasteiger partial charge in [0.15, 0.2) is 0 Å². The SMILES string of the molecule is COc1ccc(N2CC(c3nnc(NC(=O)/C=C/c4ccc([N+](=O)[O-])cc4)s3)CC2=O)cc1. The number of nitrogens with one attached hydrogen (secondary N) is 1. The molecule has 0 saturated carbocycles. The molecule has 0 spiro atoms. The lowest BCUT2D eigenvalue weighted by atomic mass is 10.1. The molecule has 2 heterocycles. The molecule has 33 heavy (non-hydrogen) atoms. The van der Waals surface area contributed by atoms with Crippen LogP contribution in [-0.4, -0.2) is 40.6 Å². The monoisotopic (exact) mass is 465 g/mol. The van der Waals surface area contributed by atoms with E-state index < -0.39 is 10.8 Å². The molecule has 1 unspecified atom stereocenters. The number of nitrogens with zero attached hydrogens (tertiary/aromatic N) is 4. The number of nitro benzene ring substituents is 1. The fourth-order valence-corrected chi connectivity index (χ4v) is 4.20. The molecule has 1 fully saturated rings. The van der Waals surface area contributed by atoms with E-state index in [4.69, 9.17) is 4.74 Å². The first kappa shape index (κ1) is 22.1. The number of non-ortho nitro benzene ring substituents is 1. The minimum atomic E-state index is -0.485. The zero-order valence-electron chi connectivity index (χ0n) is 17.5. The fourth-order valence-electron chi connectivity index (χ4n) is 3.36. The largest absolute Gasteiger partial charge is 0.497 e. The van der Waals surface area contributed by atoms with Crippen LogP contribution >= 0.6 is 11.3 Å². The Labute approximate surface area is 192 Å². The van der Waals surface area contributed by atoms with Crippen molar-refractivity contribution in [2.45, 2.75) is 12.3 Å². The van der Waals surface area contributed by atoms with Gasteiger partial charge in [0, 0.05) is 42.8 Å². The van der Waals surface area contributed by atoms with E-state index in [1.807, 2.05) is 12.1 Å². The van der Waals surface area contributed by atoms with Crippen molar-refractivity contribution in [3.8, 4) is 5.75 Å². The van der Waals surface area contributed by atoms with Crippen LogP contribution in [0.5, 0.6) is 5.75 Å². The van der Waals surface area contributed by atoms with E-state index in [0.29, 0.717) is 34.4 Å². The molecule has 0 aliphatic carbocycles. The van der Waals surface area contributed by atoms with Crippen molar-refractivity contribution in [1.29, 1.82) is 0 Å². The lowest BCUT2D eigenvalue weighted by Gasteiger charge is -2.16. The van der Waals surface area contributed by atoms with Gasteiger partial charge < -0.3 is 9.64 Å². The van der Waals surface area contributed by atoms with Crippen molar-refractivity contribution < 1.29 is 19.2 Å². The summed E-state index contributed by atoms with van der Waals surface area (Å²) < 4.78 is 5.16. The highest BCUT2D eigenvalue weighted by Gasteiger charge is 2.34. The maximum absolute atomic E-state index is 12.5. The van der Waals surface area contributed by atoms with Crippen molar-refractivity contribution in [1.82, 2.24) is 10.2 Å². The summed E-state index contributed by atoms with van der Waals surface area (Å²) in [6.45, 7) is 0.480. The van der Waals surface area contributed by atoms with E-state index >= 15 is 0 Å². The van der Waals surface area contributed by atoms with E-state index in [1.165, 1.54) is 29.5 Å². The molecule has 0 radical (unpaired) electrons. The van der Waals surface area contributed by atoms with Crippen molar-refractivity contribution in [2.24, 2.45) is 0 Å². The van der Waals surface area contributed by atoms with Crippen LogP contribution in [0.3, 0.4) is 0 Å². The number of hydrogen-bond acceptors (Lipinski definition) is 8. The molecule has 1 saturated heterocycles. The molecule has 0 bridgehead atoms. The van der Waals surface area contributed by atoms with Gasteiger partial charge in [-0.1, -0.05) is 11.3 Å². The van der Waals surface area contributed by atoms with E-state index in [9.17, 15) is 19.7 Å². The summed E-state index contributed by atoms with van der Waals surface area (Å²) in [6.07, 6.45) is 3.17. The highest BCUT2D eigenvalue weighted by molar-refractivity contribution is 7.15. The Hall–Kier alpha value is -4.12. The summed E-state index contributed by atoms with van der Waals surface area (Å²) in [5.41, 5.74) is 1.42. The molecule has 1 atom stereocenters. The van der Waals surface area contributed by atoms with E-state index in [0.717, 1.165) is 5.69 Å². The van der Waals surface area contributed by atoms with Crippen LogP contribution in [0.25, 0.3) is 6.08 Å². The number of hydrogen-bond donors (Lipinski definition) is 1. The molecule has 1 aromatic heterocycles. The van der Waals surface area contributed by atoms with Gasteiger partial charge in [-0.25, -0.2) is 0 Å². The Morgan fingerprint density at radius 3 is 2.61 bits per heavy atom. The molecule has 3 aromatic rings. The Morgan fingerprint density at radius 1 is 1.21 bits per heavy atom. The number of methoxy groups -OCH3 is 1. The average Bonchev–Trinajstić information content (AvgIpc) is 3.44. The maximum Gasteiger partial charge on any atom is 0.269 e. The topological polar surface area (TPSA) is 128 Å². The standard InChI is InChI=1S/C22H19N5O5S/c1-32-18-9-7-16(8-10-18)26-13-15(12-20(26)29)21-24-25-22(33-21)23-19(28)11-4-14-2-5-17(6-3-14)27(30)31/h2-11,15H,12-13H2,1H3,(H,23,25,28)/b11-4+. The molecule has 1 aliphatic heterocycles. The van der Waals surface area contributed by atoms with Gasteiger partial charge in [-0.3, -0.25) is 25.0 Å². The smallest absolute Gasteiger partial charge is 0.269 e. The number of rotatable bonds is 7. The minimum Gasteiger partial charge on any atom is -0.497 e. The van der Waals surface area contributed by atoms with Crippen molar-refractivity contribution in [2.75, 3.05) is 23.9 Å². The van der Waals surface area contributed by atoms with E-state index in [1.54, 1.807) is 42.4 Å². The molecule has 2 amide bonds. The van der Waals surface area contributed by atoms with Gasteiger partial charge in [-0.05, 0) is 48.0 Å². The molecule has 2 aromatic carbocycles. The second-order valence-electron chi connectivity index (χ2n) is 7.22. The number of ether oxygens (including phenoxy) is 1. The third kappa shape index (κ3) is 5.21. The first-order valence-corrected chi connectivity index (χ1v) is 10.8. The predicted octanol–water partition coefficient (Wildman–Crippen LogP) is 3.63. The van der Waals surface area contributed by atoms with Crippen molar-refractivity contribution in [3.63, 3.8) is 0 Å². The molecular weight excluding hydrogens is 446 g/mol. The Bertz CT molecular complexity index is 1210. The summed E-state index contributed by atoms with van der Waals surface area (Å²) >= 11 is 1.23. The molecule has 10 nitrogen and oxygen atoms in total. The van der Waals surface area contributed by atoms with Crippen molar-refractivity contribution >= 4 is 45.7 Å². The number of anilines is 2. The number of carbonyl (C=O) groups is 2. The number of amides is 2. The number of benzene rings is 2. The zero-order valence-corrected chi connectivity index (χ0v) is 18.3. The summed E-state index contributed by atoms with van der Waals surface area (Å²) in [6, 6.07) is 13.1. The van der Waals surface area contributed by atoms with Crippen LogP contribution in [0.15, 0.2) is 54.6 Å². The van der Waals surface area contributed by atoms with Gasteiger partial charge in [-0.15, -0.1) is 10.2 Å². The van der Waals surface area contributed by atoms with Crippen LogP contribution in [0.2, 0.25) is 0 Å². The van der Waals surface area contributed by atoms with Gasteiger partial charge >= 0.3 is 0 Å².